The van der Waals surface area contributed by atoms with Crippen LogP contribution < -0.4 is 5.73 Å². The highest BCUT2D eigenvalue weighted by atomic mass is 16.3. The van der Waals surface area contributed by atoms with Gasteiger partial charge >= 0.3 is 0 Å². The lowest BCUT2D eigenvalue weighted by Crippen LogP contribution is -1.99. The van der Waals surface area contributed by atoms with E-state index in [1.54, 1.807) is 12.1 Å². The van der Waals surface area contributed by atoms with Gasteiger partial charge in [-0.3, -0.25) is 0 Å². The molecule has 4 N–H and O–H groups in total. The van der Waals surface area contributed by atoms with E-state index >= 15 is 0 Å². The number of phenolic OH excluding ortho intramolecular Hbond substituents is 2. The molecule has 0 heterocycles. The Morgan fingerprint density at radius 1 is 1.38 bits per heavy atom. The maximum atomic E-state index is 9.44. The van der Waals surface area contributed by atoms with E-state index in [0.717, 1.165) is 5.57 Å². The van der Waals surface area contributed by atoms with E-state index in [-0.39, 0.29) is 11.5 Å². The molecule has 0 aliphatic rings. The van der Waals surface area contributed by atoms with Gasteiger partial charge in [-0.05, 0) is 24.6 Å². The summed E-state index contributed by atoms with van der Waals surface area (Å²) in [7, 11) is 0. The first-order valence-electron chi connectivity index (χ1n) is 4.06. The molecule has 0 unspecified atom stereocenters. The number of hydrogen-bond donors (Lipinski definition) is 3. The van der Waals surface area contributed by atoms with Crippen molar-refractivity contribution < 1.29 is 10.2 Å². The Bertz CT molecular complexity index is 321. The summed E-state index contributed by atoms with van der Waals surface area (Å²) in [6, 6.07) is 4.79. The predicted octanol–water partition coefficient (Wildman–Crippen LogP) is 1.46. The lowest BCUT2D eigenvalue weighted by Gasteiger charge is -2.07. The maximum Gasteiger partial charge on any atom is 0.165 e. The Labute approximate surface area is 77.1 Å². The minimum Gasteiger partial charge on any atom is -0.504 e. The van der Waals surface area contributed by atoms with Crippen LogP contribution in [0.5, 0.6) is 11.5 Å². The van der Waals surface area contributed by atoms with Crippen LogP contribution in [0.1, 0.15) is 12.0 Å². The Morgan fingerprint density at radius 3 is 2.69 bits per heavy atom. The highest BCUT2D eigenvalue weighted by Crippen LogP contribution is 2.33. The Balaban J connectivity index is 3.01. The Kier molecular flexibility index (Phi) is 2.93. The second kappa shape index (κ2) is 3.96. The number of nitrogens with two attached hydrogens (primary N) is 1. The zero-order valence-corrected chi connectivity index (χ0v) is 7.33. The maximum absolute atomic E-state index is 9.44. The summed E-state index contributed by atoms with van der Waals surface area (Å²) in [6.07, 6.45) is 0.608. The van der Waals surface area contributed by atoms with Gasteiger partial charge in [0.1, 0.15) is 0 Å². The first-order valence-corrected chi connectivity index (χ1v) is 4.06. The Hall–Kier alpha value is -1.48. The molecule has 13 heavy (non-hydrogen) atoms. The van der Waals surface area contributed by atoms with E-state index in [1.165, 1.54) is 6.07 Å². The molecule has 0 aliphatic carbocycles. The van der Waals surface area contributed by atoms with Crippen LogP contribution in [0.2, 0.25) is 0 Å². The smallest absolute Gasteiger partial charge is 0.165 e. The number of hydrogen-bond acceptors (Lipinski definition) is 3. The SMILES string of the molecule is C=C(CCN)c1cccc(O)c1O. The molecule has 1 aromatic carbocycles. The number of phenols is 2. The summed E-state index contributed by atoms with van der Waals surface area (Å²) in [6.45, 7) is 4.25. The molecule has 0 saturated heterocycles. The quantitative estimate of drug-likeness (QED) is 0.615. The molecule has 0 radical (unpaired) electrons. The highest BCUT2D eigenvalue weighted by molar-refractivity contribution is 5.70. The van der Waals surface area contributed by atoms with E-state index in [9.17, 15) is 10.2 Å². The van der Waals surface area contributed by atoms with Crippen molar-refractivity contribution in [3.8, 4) is 11.5 Å². The van der Waals surface area contributed by atoms with Crippen LogP contribution in [0.4, 0.5) is 0 Å². The van der Waals surface area contributed by atoms with Crippen LogP contribution in [-0.4, -0.2) is 16.8 Å². The standard InChI is InChI=1S/C10H13NO2/c1-7(5-6-11)8-3-2-4-9(12)10(8)13/h2-4,12-13H,1,5-6,11H2. The molecule has 0 aromatic heterocycles. The van der Waals surface area contributed by atoms with Gasteiger partial charge in [-0.1, -0.05) is 18.7 Å². The van der Waals surface area contributed by atoms with Crippen LogP contribution in [-0.2, 0) is 0 Å². The second-order valence-corrected chi connectivity index (χ2v) is 2.82. The van der Waals surface area contributed by atoms with Crippen LogP contribution in [0.3, 0.4) is 0 Å². The third-order valence-electron chi connectivity index (χ3n) is 1.84. The summed E-state index contributed by atoms with van der Waals surface area (Å²) >= 11 is 0. The van der Waals surface area contributed by atoms with Gasteiger partial charge in [-0.25, -0.2) is 0 Å². The van der Waals surface area contributed by atoms with Crippen molar-refractivity contribution in [3.63, 3.8) is 0 Å². The monoisotopic (exact) mass is 179 g/mol. The van der Waals surface area contributed by atoms with E-state index in [4.69, 9.17) is 5.73 Å². The fourth-order valence-corrected chi connectivity index (χ4v) is 1.13. The van der Waals surface area contributed by atoms with Crippen molar-refractivity contribution in [1.29, 1.82) is 0 Å². The zero-order chi connectivity index (χ0) is 9.84. The fraction of sp³-hybridized carbons (Fsp3) is 0.200. The van der Waals surface area contributed by atoms with Gasteiger partial charge < -0.3 is 15.9 Å². The average Bonchev–Trinajstić information content (AvgIpc) is 2.10. The molecule has 0 bridgehead atoms. The third kappa shape index (κ3) is 2.00. The van der Waals surface area contributed by atoms with Gasteiger partial charge in [0, 0.05) is 5.56 Å². The molecule has 1 aromatic rings. The predicted molar refractivity (Wildman–Crippen MR) is 52.5 cm³/mol. The van der Waals surface area contributed by atoms with Crippen LogP contribution in [0.25, 0.3) is 5.57 Å². The van der Waals surface area contributed by atoms with Crippen molar-refractivity contribution in [2.24, 2.45) is 5.73 Å². The summed E-state index contributed by atoms with van der Waals surface area (Å²) < 4.78 is 0. The summed E-state index contributed by atoms with van der Waals surface area (Å²) in [5, 5.41) is 18.6. The molecule has 1 rings (SSSR count). The topological polar surface area (TPSA) is 66.5 Å². The van der Waals surface area contributed by atoms with E-state index < -0.39 is 0 Å². The molecule has 3 heteroatoms. The van der Waals surface area contributed by atoms with Crippen LogP contribution in [0, 0.1) is 0 Å². The summed E-state index contributed by atoms with van der Waals surface area (Å²) in [5.74, 6) is -0.253. The van der Waals surface area contributed by atoms with E-state index in [1.807, 2.05) is 0 Å². The molecule has 0 atom stereocenters. The molecule has 0 amide bonds. The first-order chi connectivity index (χ1) is 6.16. The first kappa shape index (κ1) is 9.61. The third-order valence-corrected chi connectivity index (χ3v) is 1.84. The number of benzene rings is 1. The molecule has 0 fully saturated rings. The Morgan fingerprint density at radius 2 is 2.08 bits per heavy atom. The van der Waals surface area contributed by atoms with E-state index in [2.05, 4.69) is 6.58 Å². The molecule has 70 valence electrons. The van der Waals surface area contributed by atoms with Crippen molar-refractivity contribution >= 4 is 5.57 Å². The lowest BCUT2D eigenvalue weighted by molar-refractivity contribution is 0.402. The van der Waals surface area contributed by atoms with Crippen LogP contribution in [0.15, 0.2) is 24.8 Å². The largest absolute Gasteiger partial charge is 0.504 e. The molecule has 0 spiro atoms. The average molecular weight is 179 g/mol. The van der Waals surface area contributed by atoms with Crippen molar-refractivity contribution in [1.82, 2.24) is 0 Å². The summed E-state index contributed by atoms with van der Waals surface area (Å²) in [4.78, 5) is 0. The molecular formula is C10H13NO2. The number of rotatable bonds is 3. The van der Waals surface area contributed by atoms with Gasteiger partial charge in [-0.2, -0.15) is 0 Å². The normalized spacial score (nSPS) is 9.92. The molecule has 3 nitrogen and oxygen atoms in total. The highest BCUT2D eigenvalue weighted by Gasteiger charge is 2.07. The molecule has 0 saturated carbocycles. The minimum atomic E-state index is -0.129. The zero-order valence-electron chi connectivity index (χ0n) is 7.33. The van der Waals surface area contributed by atoms with Gasteiger partial charge in [0.2, 0.25) is 0 Å². The van der Waals surface area contributed by atoms with Gasteiger partial charge in [0.15, 0.2) is 11.5 Å². The van der Waals surface area contributed by atoms with Crippen LogP contribution >= 0.6 is 0 Å². The fourth-order valence-electron chi connectivity index (χ4n) is 1.13. The molecule has 0 aliphatic heterocycles. The van der Waals surface area contributed by atoms with Crippen molar-refractivity contribution in [2.75, 3.05) is 6.54 Å². The lowest BCUT2D eigenvalue weighted by atomic mass is 10.0. The van der Waals surface area contributed by atoms with E-state index in [0.29, 0.717) is 18.5 Å². The second-order valence-electron chi connectivity index (χ2n) is 2.82. The van der Waals surface area contributed by atoms with Crippen molar-refractivity contribution in [2.45, 2.75) is 6.42 Å². The number of aromatic hydroxyl groups is 2. The van der Waals surface area contributed by atoms with Crippen molar-refractivity contribution in [3.05, 3.63) is 30.3 Å². The molecular weight excluding hydrogens is 166 g/mol. The van der Waals surface area contributed by atoms with Gasteiger partial charge in [-0.15, -0.1) is 0 Å². The van der Waals surface area contributed by atoms with Gasteiger partial charge in [0.25, 0.3) is 0 Å². The summed E-state index contributed by atoms with van der Waals surface area (Å²) in [5.41, 5.74) is 6.64. The van der Waals surface area contributed by atoms with Gasteiger partial charge in [0.05, 0.1) is 0 Å². The number of para-hydroxylation sites is 1. The minimum absolute atomic E-state index is 0.124.